The maximum Gasteiger partial charge on any atom is 0.259 e. The Labute approximate surface area is 135 Å². The number of nitrogens with zero attached hydrogens (tertiary/aromatic N) is 1. The molecule has 4 N–H and O–H groups in total. The Morgan fingerprint density at radius 3 is 2.57 bits per heavy atom. The van der Waals surface area contributed by atoms with E-state index < -0.39 is 17.5 Å². The molecule has 110 valence electrons. The lowest BCUT2D eigenvalue weighted by Gasteiger charge is -2.11. The van der Waals surface area contributed by atoms with E-state index in [1.54, 1.807) is 0 Å². The van der Waals surface area contributed by atoms with Gasteiger partial charge in [0, 0.05) is 21.2 Å². The number of carbonyl (C=O) groups is 1. The van der Waals surface area contributed by atoms with E-state index in [1.165, 1.54) is 12.3 Å². The van der Waals surface area contributed by atoms with Crippen molar-refractivity contribution in [2.75, 3.05) is 10.7 Å². The Bertz CT molecular complexity index is 689. The standard InChI is InChI=1S/C12H8Br2F2N4O/c13-5-1-7(11(20-17)18-4-5)12(21)19-10-8(14)2-6(15)3-9(10)16/h1-4H,17H2,(H,18,20)(H,19,21). The molecule has 2 rings (SSSR count). The molecular formula is C12H8Br2F2N4O. The minimum atomic E-state index is -0.902. The molecule has 0 aliphatic rings. The van der Waals surface area contributed by atoms with Crippen molar-refractivity contribution in [3.63, 3.8) is 0 Å². The average Bonchev–Trinajstić information content (AvgIpc) is 2.42. The summed E-state index contributed by atoms with van der Waals surface area (Å²) < 4.78 is 27.3. The maximum atomic E-state index is 13.7. The molecule has 9 heteroatoms. The van der Waals surface area contributed by atoms with Crippen molar-refractivity contribution in [1.29, 1.82) is 0 Å². The SMILES string of the molecule is NNc1ncc(Br)cc1C(=O)Nc1c(F)cc(F)cc1Br. The van der Waals surface area contributed by atoms with E-state index in [0.717, 1.165) is 6.07 Å². The van der Waals surface area contributed by atoms with Gasteiger partial charge >= 0.3 is 0 Å². The quantitative estimate of drug-likeness (QED) is 0.524. The van der Waals surface area contributed by atoms with Gasteiger partial charge in [0.15, 0.2) is 11.6 Å². The van der Waals surface area contributed by atoms with Crippen LogP contribution in [0.1, 0.15) is 10.4 Å². The molecule has 1 amide bonds. The van der Waals surface area contributed by atoms with Gasteiger partial charge in [-0.3, -0.25) is 4.79 Å². The first-order valence-electron chi connectivity index (χ1n) is 5.50. The van der Waals surface area contributed by atoms with Crippen molar-refractivity contribution in [2.45, 2.75) is 0 Å². The van der Waals surface area contributed by atoms with Crippen LogP contribution in [0.2, 0.25) is 0 Å². The van der Waals surface area contributed by atoms with Crippen molar-refractivity contribution in [3.8, 4) is 0 Å². The molecule has 2 aromatic rings. The molecule has 0 saturated heterocycles. The zero-order valence-corrected chi connectivity index (χ0v) is 13.4. The molecule has 21 heavy (non-hydrogen) atoms. The van der Waals surface area contributed by atoms with Gasteiger partial charge in [-0.2, -0.15) is 0 Å². The molecule has 0 radical (unpaired) electrons. The normalized spacial score (nSPS) is 10.3. The van der Waals surface area contributed by atoms with Crippen LogP contribution in [0.3, 0.4) is 0 Å². The van der Waals surface area contributed by atoms with Crippen molar-refractivity contribution >= 4 is 49.3 Å². The molecule has 0 atom stereocenters. The molecule has 0 unspecified atom stereocenters. The van der Waals surface area contributed by atoms with Gasteiger partial charge in [0.25, 0.3) is 5.91 Å². The monoisotopic (exact) mass is 420 g/mol. The van der Waals surface area contributed by atoms with Crippen LogP contribution in [0.15, 0.2) is 33.3 Å². The largest absolute Gasteiger partial charge is 0.318 e. The highest BCUT2D eigenvalue weighted by Crippen LogP contribution is 2.28. The number of hydrogen-bond donors (Lipinski definition) is 3. The van der Waals surface area contributed by atoms with Crippen LogP contribution in [-0.2, 0) is 0 Å². The lowest BCUT2D eigenvalue weighted by Crippen LogP contribution is -2.19. The highest BCUT2D eigenvalue weighted by Gasteiger charge is 2.17. The second-order valence-electron chi connectivity index (χ2n) is 3.89. The number of aromatic nitrogens is 1. The Hall–Kier alpha value is -1.58. The van der Waals surface area contributed by atoms with Crippen LogP contribution in [0.25, 0.3) is 0 Å². The van der Waals surface area contributed by atoms with Gasteiger partial charge in [0.2, 0.25) is 0 Å². The van der Waals surface area contributed by atoms with Crippen LogP contribution < -0.4 is 16.6 Å². The minimum absolute atomic E-state index is 0.0820. The van der Waals surface area contributed by atoms with Crippen LogP contribution in [0.5, 0.6) is 0 Å². The van der Waals surface area contributed by atoms with E-state index >= 15 is 0 Å². The van der Waals surface area contributed by atoms with E-state index in [0.29, 0.717) is 10.5 Å². The Kier molecular flexibility index (Phi) is 4.86. The zero-order chi connectivity index (χ0) is 15.6. The number of benzene rings is 1. The number of halogens is 4. The second-order valence-corrected chi connectivity index (χ2v) is 5.66. The molecule has 0 aliphatic heterocycles. The van der Waals surface area contributed by atoms with E-state index in [9.17, 15) is 13.6 Å². The molecule has 0 aliphatic carbocycles. The molecular weight excluding hydrogens is 414 g/mol. The summed E-state index contributed by atoms with van der Waals surface area (Å²) in [4.78, 5) is 16.1. The minimum Gasteiger partial charge on any atom is -0.318 e. The first kappa shape index (κ1) is 15.8. The zero-order valence-electron chi connectivity index (χ0n) is 10.3. The molecule has 5 nitrogen and oxygen atoms in total. The molecule has 0 spiro atoms. The fourth-order valence-corrected chi connectivity index (χ4v) is 2.41. The first-order valence-corrected chi connectivity index (χ1v) is 7.09. The van der Waals surface area contributed by atoms with E-state index in [-0.39, 0.29) is 21.5 Å². The van der Waals surface area contributed by atoms with Gasteiger partial charge < -0.3 is 10.7 Å². The number of nitrogens with two attached hydrogens (primary N) is 1. The number of carbonyl (C=O) groups excluding carboxylic acids is 1. The summed E-state index contributed by atoms with van der Waals surface area (Å²) in [6, 6.07) is 3.18. The van der Waals surface area contributed by atoms with Crippen molar-refractivity contribution in [1.82, 2.24) is 4.98 Å². The molecule has 1 heterocycles. The summed E-state index contributed by atoms with van der Waals surface area (Å²) in [5.41, 5.74) is 2.19. The predicted molar refractivity (Wildman–Crippen MR) is 81.8 cm³/mol. The maximum absolute atomic E-state index is 13.7. The smallest absolute Gasteiger partial charge is 0.259 e. The number of nitrogen functional groups attached to an aromatic ring is 1. The van der Waals surface area contributed by atoms with Crippen LogP contribution in [0, 0.1) is 11.6 Å². The number of hydrazine groups is 1. The van der Waals surface area contributed by atoms with Gasteiger partial charge in [0.05, 0.1) is 11.3 Å². The van der Waals surface area contributed by atoms with Crippen LogP contribution in [-0.4, -0.2) is 10.9 Å². The summed E-state index contributed by atoms with van der Waals surface area (Å²) in [5.74, 6) is 3.08. The van der Waals surface area contributed by atoms with Crippen LogP contribution in [0.4, 0.5) is 20.3 Å². The fraction of sp³-hybridized carbons (Fsp3) is 0. The Balaban J connectivity index is 2.37. The third kappa shape index (κ3) is 3.55. The van der Waals surface area contributed by atoms with Gasteiger partial charge in [-0.15, -0.1) is 0 Å². The molecule has 1 aromatic carbocycles. The van der Waals surface area contributed by atoms with E-state index in [2.05, 4.69) is 47.6 Å². The average molecular weight is 422 g/mol. The fourth-order valence-electron chi connectivity index (χ4n) is 1.57. The number of amides is 1. The predicted octanol–water partition coefficient (Wildman–Crippen LogP) is 3.42. The van der Waals surface area contributed by atoms with E-state index in [1.807, 2.05) is 0 Å². The molecule has 1 aromatic heterocycles. The summed E-state index contributed by atoms with van der Waals surface area (Å²) in [6.07, 6.45) is 1.44. The van der Waals surface area contributed by atoms with Gasteiger partial charge in [-0.1, -0.05) is 0 Å². The number of rotatable bonds is 3. The van der Waals surface area contributed by atoms with Crippen molar-refractivity contribution in [2.24, 2.45) is 5.84 Å². The second kappa shape index (κ2) is 6.46. The number of pyridine rings is 1. The first-order chi connectivity index (χ1) is 9.92. The topological polar surface area (TPSA) is 80.0 Å². The highest BCUT2D eigenvalue weighted by atomic mass is 79.9. The summed E-state index contributed by atoms with van der Waals surface area (Å²) in [7, 11) is 0. The van der Waals surface area contributed by atoms with Crippen molar-refractivity contribution in [3.05, 3.63) is 50.5 Å². The summed E-state index contributed by atoms with van der Waals surface area (Å²) in [6.45, 7) is 0. The number of nitrogens with one attached hydrogen (secondary N) is 2. The van der Waals surface area contributed by atoms with Crippen molar-refractivity contribution < 1.29 is 13.6 Å². The Morgan fingerprint density at radius 1 is 1.24 bits per heavy atom. The number of anilines is 2. The van der Waals surface area contributed by atoms with Gasteiger partial charge in [-0.05, 0) is 44.0 Å². The Morgan fingerprint density at radius 2 is 1.95 bits per heavy atom. The van der Waals surface area contributed by atoms with Gasteiger partial charge in [0.1, 0.15) is 5.82 Å². The lowest BCUT2D eigenvalue weighted by atomic mass is 10.2. The van der Waals surface area contributed by atoms with E-state index in [4.69, 9.17) is 5.84 Å². The molecule has 0 saturated carbocycles. The summed E-state index contributed by atoms with van der Waals surface area (Å²) in [5, 5.41) is 2.34. The molecule has 0 fully saturated rings. The summed E-state index contributed by atoms with van der Waals surface area (Å²) >= 11 is 6.16. The lowest BCUT2D eigenvalue weighted by molar-refractivity contribution is 0.102. The number of hydrogen-bond acceptors (Lipinski definition) is 4. The third-order valence-corrected chi connectivity index (χ3v) is 3.54. The van der Waals surface area contributed by atoms with Gasteiger partial charge in [-0.25, -0.2) is 19.6 Å². The third-order valence-electron chi connectivity index (χ3n) is 2.48. The van der Waals surface area contributed by atoms with Crippen LogP contribution >= 0.6 is 31.9 Å². The molecule has 0 bridgehead atoms. The highest BCUT2D eigenvalue weighted by molar-refractivity contribution is 9.10.